The van der Waals surface area contributed by atoms with Crippen LogP contribution in [0.4, 0.5) is 0 Å². The van der Waals surface area contributed by atoms with Crippen LogP contribution >= 0.6 is 0 Å². The SMILES string of the molecule is CC(C)Oc1ccc(CCNCCCO)cc1. The second kappa shape index (κ2) is 8.09. The summed E-state index contributed by atoms with van der Waals surface area (Å²) in [5.74, 6) is 0.928. The Morgan fingerprint density at radius 3 is 2.47 bits per heavy atom. The van der Waals surface area contributed by atoms with Crippen molar-refractivity contribution in [1.29, 1.82) is 0 Å². The fourth-order valence-electron chi connectivity index (χ4n) is 1.57. The maximum atomic E-state index is 8.63. The summed E-state index contributed by atoms with van der Waals surface area (Å²) in [5.41, 5.74) is 1.30. The topological polar surface area (TPSA) is 41.5 Å². The Morgan fingerprint density at radius 1 is 1.18 bits per heavy atom. The van der Waals surface area contributed by atoms with Crippen molar-refractivity contribution in [3.8, 4) is 5.75 Å². The number of rotatable bonds is 8. The minimum absolute atomic E-state index is 0.223. The maximum absolute atomic E-state index is 8.63. The number of hydrogen-bond donors (Lipinski definition) is 2. The Kier molecular flexibility index (Phi) is 6.67. The Morgan fingerprint density at radius 2 is 1.88 bits per heavy atom. The number of benzene rings is 1. The van der Waals surface area contributed by atoms with Crippen molar-refractivity contribution in [2.45, 2.75) is 32.8 Å². The summed E-state index contributed by atoms with van der Waals surface area (Å²) in [6, 6.07) is 8.24. The average molecular weight is 237 g/mol. The van der Waals surface area contributed by atoms with Gasteiger partial charge in [-0.15, -0.1) is 0 Å². The number of aliphatic hydroxyl groups is 1. The van der Waals surface area contributed by atoms with Gasteiger partial charge in [0.15, 0.2) is 0 Å². The molecule has 0 atom stereocenters. The molecule has 0 radical (unpaired) electrons. The van der Waals surface area contributed by atoms with E-state index >= 15 is 0 Å². The summed E-state index contributed by atoms with van der Waals surface area (Å²) in [4.78, 5) is 0. The van der Waals surface area contributed by atoms with Gasteiger partial charge in [0.25, 0.3) is 0 Å². The largest absolute Gasteiger partial charge is 0.491 e. The maximum Gasteiger partial charge on any atom is 0.119 e. The minimum atomic E-state index is 0.223. The van der Waals surface area contributed by atoms with Crippen LogP contribution in [0.15, 0.2) is 24.3 Å². The summed E-state index contributed by atoms with van der Waals surface area (Å²) in [6.07, 6.45) is 2.05. The van der Waals surface area contributed by atoms with Gasteiger partial charge in [0.1, 0.15) is 5.75 Å². The molecule has 1 aromatic carbocycles. The van der Waals surface area contributed by atoms with Gasteiger partial charge in [0, 0.05) is 6.61 Å². The van der Waals surface area contributed by atoms with E-state index in [0.29, 0.717) is 0 Å². The van der Waals surface area contributed by atoms with Crippen molar-refractivity contribution in [3.63, 3.8) is 0 Å². The standard InChI is InChI=1S/C14H23NO2/c1-12(2)17-14-6-4-13(5-7-14)8-10-15-9-3-11-16/h4-7,12,15-16H,3,8-11H2,1-2H3. The lowest BCUT2D eigenvalue weighted by Gasteiger charge is -2.10. The van der Waals surface area contributed by atoms with Gasteiger partial charge < -0.3 is 15.2 Å². The Hall–Kier alpha value is -1.06. The number of nitrogens with one attached hydrogen (secondary N) is 1. The normalized spacial score (nSPS) is 10.8. The first-order valence-electron chi connectivity index (χ1n) is 6.29. The zero-order chi connectivity index (χ0) is 12.5. The number of hydrogen-bond acceptors (Lipinski definition) is 3. The molecule has 0 aromatic heterocycles. The predicted octanol–water partition coefficient (Wildman–Crippen LogP) is 1.99. The molecule has 1 rings (SSSR count). The van der Waals surface area contributed by atoms with Crippen molar-refractivity contribution < 1.29 is 9.84 Å². The Bertz CT molecular complexity index is 296. The quantitative estimate of drug-likeness (QED) is 0.679. The van der Waals surface area contributed by atoms with Gasteiger partial charge >= 0.3 is 0 Å². The molecule has 3 heteroatoms. The minimum Gasteiger partial charge on any atom is -0.491 e. The second-order valence-electron chi connectivity index (χ2n) is 4.39. The zero-order valence-electron chi connectivity index (χ0n) is 10.8. The van der Waals surface area contributed by atoms with Crippen LogP contribution < -0.4 is 10.1 Å². The van der Waals surface area contributed by atoms with Crippen molar-refractivity contribution in [2.24, 2.45) is 0 Å². The van der Waals surface area contributed by atoms with Gasteiger partial charge in [-0.3, -0.25) is 0 Å². The Balaban J connectivity index is 2.25. The number of ether oxygens (including phenoxy) is 1. The van der Waals surface area contributed by atoms with Crippen LogP contribution in [0.5, 0.6) is 5.75 Å². The summed E-state index contributed by atoms with van der Waals surface area (Å²) < 4.78 is 5.58. The van der Waals surface area contributed by atoms with Crippen LogP contribution in [0.1, 0.15) is 25.8 Å². The molecule has 0 bridgehead atoms. The molecule has 1 aromatic rings. The molecule has 0 spiro atoms. The third-order valence-corrected chi connectivity index (χ3v) is 2.40. The van der Waals surface area contributed by atoms with E-state index in [0.717, 1.165) is 31.7 Å². The molecule has 0 heterocycles. The molecule has 0 fully saturated rings. The van der Waals surface area contributed by atoms with Crippen LogP contribution in [-0.4, -0.2) is 30.9 Å². The monoisotopic (exact) mass is 237 g/mol. The molecule has 96 valence electrons. The Labute approximate surface area is 104 Å². The fourth-order valence-corrected chi connectivity index (χ4v) is 1.57. The lowest BCUT2D eigenvalue weighted by atomic mass is 10.1. The van der Waals surface area contributed by atoms with E-state index in [1.54, 1.807) is 0 Å². The second-order valence-corrected chi connectivity index (χ2v) is 4.39. The van der Waals surface area contributed by atoms with Crippen molar-refractivity contribution >= 4 is 0 Å². The molecule has 2 N–H and O–H groups in total. The van der Waals surface area contributed by atoms with Gasteiger partial charge in [-0.25, -0.2) is 0 Å². The van der Waals surface area contributed by atoms with Crippen molar-refractivity contribution in [1.82, 2.24) is 5.32 Å². The van der Waals surface area contributed by atoms with Crippen LogP contribution in [-0.2, 0) is 6.42 Å². The summed E-state index contributed by atoms with van der Waals surface area (Å²) in [6.45, 7) is 6.14. The average Bonchev–Trinajstić information content (AvgIpc) is 2.30. The molecule has 0 unspecified atom stereocenters. The molecule has 0 aliphatic rings. The number of aliphatic hydroxyl groups excluding tert-OH is 1. The molecular weight excluding hydrogens is 214 g/mol. The highest BCUT2D eigenvalue weighted by Crippen LogP contribution is 2.13. The van der Waals surface area contributed by atoms with Gasteiger partial charge in [0.2, 0.25) is 0 Å². The van der Waals surface area contributed by atoms with Gasteiger partial charge in [-0.2, -0.15) is 0 Å². The zero-order valence-corrected chi connectivity index (χ0v) is 10.8. The molecule has 3 nitrogen and oxygen atoms in total. The molecule has 0 saturated heterocycles. The van der Waals surface area contributed by atoms with Crippen molar-refractivity contribution in [3.05, 3.63) is 29.8 Å². The molecular formula is C14H23NO2. The van der Waals surface area contributed by atoms with Crippen LogP contribution in [0.2, 0.25) is 0 Å². The third-order valence-electron chi connectivity index (χ3n) is 2.40. The molecule has 0 saturated carbocycles. The lowest BCUT2D eigenvalue weighted by Crippen LogP contribution is -2.19. The first-order chi connectivity index (χ1) is 8.22. The lowest BCUT2D eigenvalue weighted by molar-refractivity contribution is 0.242. The molecule has 0 aliphatic heterocycles. The predicted molar refractivity (Wildman–Crippen MR) is 70.5 cm³/mol. The van der Waals surface area contributed by atoms with E-state index in [2.05, 4.69) is 17.4 Å². The molecule has 0 amide bonds. The van der Waals surface area contributed by atoms with E-state index < -0.39 is 0 Å². The van der Waals surface area contributed by atoms with E-state index in [4.69, 9.17) is 9.84 Å². The first kappa shape index (κ1) is 14.0. The van der Waals surface area contributed by atoms with E-state index in [9.17, 15) is 0 Å². The summed E-state index contributed by atoms with van der Waals surface area (Å²) in [7, 11) is 0. The highest BCUT2D eigenvalue weighted by Gasteiger charge is 1.98. The fraction of sp³-hybridized carbons (Fsp3) is 0.571. The highest BCUT2D eigenvalue weighted by molar-refractivity contribution is 5.27. The smallest absolute Gasteiger partial charge is 0.119 e. The highest BCUT2D eigenvalue weighted by atomic mass is 16.5. The van der Waals surface area contributed by atoms with Crippen LogP contribution in [0.3, 0.4) is 0 Å². The van der Waals surface area contributed by atoms with Gasteiger partial charge in [0.05, 0.1) is 6.10 Å². The first-order valence-corrected chi connectivity index (χ1v) is 6.29. The van der Waals surface area contributed by atoms with E-state index in [1.807, 2.05) is 26.0 Å². The van der Waals surface area contributed by atoms with Crippen LogP contribution in [0.25, 0.3) is 0 Å². The summed E-state index contributed by atoms with van der Waals surface area (Å²) in [5, 5.41) is 11.9. The molecule has 17 heavy (non-hydrogen) atoms. The summed E-state index contributed by atoms with van der Waals surface area (Å²) >= 11 is 0. The van der Waals surface area contributed by atoms with Gasteiger partial charge in [-0.05, 0) is 57.5 Å². The van der Waals surface area contributed by atoms with Gasteiger partial charge in [-0.1, -0.05) is 12.1 Å². The van der Waals surface area contributed by atoms with E-state index in [1.165, 1.54) is 5.56 Å². The van der Waals surface area contributed by atoms with E-state index in [-0.39, 0.29) is 12.7 Å². The van der Waals surface area contributed by atoms with Crippen LogP contribution in [0, 0.1) is 0 Å². The molecule has 0 aliphatic carbocycles. The third kappa shape index (κ3) is 6.29. The van der Waals surface area contributed by atoms with Crippen molar-refractivity contribution in [2.75, 3.05) is 19.7 Å².